The molecular formula is C23H34O4. The third-order valence-electron chi connectivity index (χ3n) is 9.46. The first-order chi connectivity index (χ1) is 12.9. The third-order valence-corrected chi connectivity index (χ3v) is 9.46. The standard InChI is InChI=1S/C23H34O4/c1-21-9-6-15(24)12-14(21)4-5-16-17(21)7-10-22(2)18(16)13-20-23(22,27-20)19(25)8-11-26-3/h4,15-18,20,24H,5-13H2,1-3H3/t15-,16+,17+,18+,20+,21-,22-,23+/m0/s1. The van der Waals surface area contributed by atoms with Crippen LogP contribution in [0, 0.1) is 28.6 Å². The maximum absolute atomic E-state index is 13.1. The minimum absolute atomic E-state index is 0.0143. The molecule has 0 aromatic heterocycles. The Morgan fingerprint density at radius 3 is 2.89 bits per heavy atom. The zero-order valence-corrected chi connectivity index (χ0v) is 17.0. The summed E-state index contributed by atoms with van der Waals surface area (Å²) in [6, 6.07) is 0. The highest BCUT2D eigenvalue weighted by Gasteiger charge is 2.79. The summed E-state index contributed by atoms with van der Waals surface area (Å²) in [5.41, 5.74) is 1.23. The van der Waals surface area contributed by atoms with E-state index in [0.29, 0.717) is 30.8 Å². The second-order valence-corrected chi connectivity index (χ2v) is 10.4. The first kappa shape index (κ1) is 18.3. The molecule has 27 heavy (non-hydrogen) atoms. The molecule has 5 rings (SSSR count). The van der Waals surface area contributed by atoms with Gasteiger partial charge in [0.2, 0.25) is 0 Å². The lowest BCUT2D eigenvalue weighted by Crippen LogP contribution is -2.54. The van der Waals surface area contributed by atoms with Gasteiger partial charge in [-0.05, 0) is 68.1 Å². The van der Waals surface area contributed by atoms with E-state index in [1.807, 2.05) is 0 Å². The van der Waals surface area contributed by atoms with E-state index < -0.39 is 5.60 Å². The quantitative estimate of drug-likeness (QED) is 0.603. The second-order valence-electron chi connectivity index (χ2n) is 10.4. The summed E-state index contributed by atoms with van der Waals surface area (Å²) in [6.07, 6.45) is 10.3. The molecule has 0 unspecified atom stereocenters. The van der Waals surface area contributed by atoms with Crippen molar-refractivity contribution in [1.82, 2.24) is 0 Å². The van der Waals surface area contributed by atoms with E-state index in [9.17, 15) is 9.90 Å². The van der Waals surface area contributed by atoms with Gasteiger partial charge in [-0.2, -0.15) is 0 Å². The van der Waals surface area contributed by atoms with Crippen molar-refractivity contribution in [2.45, 2.75) is 83.0 Å². The summed E-state index contributed by atoms with van der Waals surface area (Å²) in [6.45, 7) is 5.30. The van der Waals surface area contributed by atoms with E-state index in [1.165, 1.54) is 12.0 Å². The van der Waals surface area contributed by atoms with Gasteiger partial charge in [0.15, 0.2) is 11.4 Å². The molecule has 1 N–H and O–H groups in total. The molecule has 1 aliphatic heterocycles. The predicted molar refractivity (Wildman–Crippen MR) is 102 cm³/mol. The average Bonchev–Trinajstić information content (AvgIpc) is 3.32. The molecule has 0 aromatic rings. The van der Waals surface area contributed by atoms with Crippen LogP contribution in [0.25, 0.3) is 0 Å². The van der Waals surface area contributed by atoms with Crippen LogP contribution in [-0.2, 0) is 14.3 Å². The maximum atomic E-state index is 13.1. The Bertz CT molecular complexity index is 686. The molecule has 3 saturated carbocycles. The first-order valence-corrected chi connectivity index (χ1v) is 10.9. The number of allylic oxidation sites excluding steroid dienone is 1. The molecule has 1 heterocycles. The smallest absolute Gasteiger partial charge is 0.170 e. The summed E-state index contributed by atoms with van der Waals surface area (Å²) in [5.74, 6) is 2.22. The summed E-state index contributed by atoms with van der Waals surface area (Å²) in [5, 5.41) is 10.2. The number of methoxy groups -OCH3 is 1. The highest BCUT2D eigenvalue weighted by Crippen LogP contribution is 2.73. The fraction of sp³-hybridized carbons (Fsp3) is 0.870. The Kier molecular flexibility index (Phi) is 4.00. The van der Waals surface area contributed by atoms with Gasteiger partial charge in [0.05, 0.1) is 18.8 Å². The normalized spacial score (nSPS) is 52.9. The van der Waals surface area contributed by atoms with Crippen LogP contribution in [0.15, 0.2) is 11.6 Å². The zero-order chi connectivity index (χ0) is 19.0. The summed E-state index contributed by atoms with van der Waals surface area (Å²) >= 11 is 0. The Hall–Kier alpha value is -0.710. The number of carbonyl (C=O) groups excluding carboxylic acids is 1. The molecule has 0 aromatic carbocycles. The maximum Gasteiger partial charge on any atom is 0.170 e. The van der Waals surface area contributed by atoms with Crippen LogP contribution >= 0.6 is 0 Å². The number of fused-ring (bicyclic) bond motifs is 7. The Labute approximate surface area is 162 Å². The molecule has 1 saturated heterocycles. The number of aliphatic hydroxyl groups excluding tert-OH is 1. The minimum atomic E-state index is -0.519. The lowest BCUT2D eigenvalue weighted by atomic mass is 9.47. The number of Topliss-reactive ketones (excluding diaryl/α,β-unsaturated/α-hetero) is 1. The van der Waals surface area contributed by atoms with E-state index in [2.05, 4.69) is 19.9 Å². The van der Waals surface area contributed by atoms with E-state index >= 15 is 0 Å². The van der Waals surface area contributed by atoms with E-state index in [4.69, 9.17) is 9.47 Å². The second kappa shape index (κ2) is 5.90. The third kappa shape index (κ3) is 2.24. The molecule has 5 aliphatic rings. The van der Waals surface area contributed by atoms with Gasteiger partial charge in [-0.25, -0.2) is 0 Å². The highest BCUT2D eigenvalue weighted by molar-refractivity contribution is 5.92. The lowest BCUT2D eigenvalue weighted by molar-refractivity contribution is -0.138. The van der Waals surface area contributed by atoms with Gasteiger partial charge in [0.25, 0.3) is 0 Å². The van der Waals surface area contributed by atoms with Gasteiger partial charge < -0.3 is 14.6 Å². The number of aliphatic hydroxyl groups is 1. The van der Waals surface area contributed by atoms with Crippen molar-refractivity contribution in [2.24, 2.45) is 28.6 Å². The van der Waals surface area contributed by atoms with Crippen molar-refractivity contribution in [2.75, 3.05) is 13.7 Å². The van der Waals surface area contributed by atoms with Gasteiger partial charge in [0, 0.05) is 18.9 Å². The molecule has 4 heteroatoms. The van der Waals surface area contributed by atoms with Crippen LogP contribution in [0.2, 0.25) is 0 Å². The number of hydrogen-bond donors (Lipinski definition) is 1. The molecule has 4 nitrogen and oxygen atoms in total. The fourth-order valence-corrected chi connectivity index (χ4v) is 7.94. The Morgan fingerprint density at radius 2 is 2.11 bits per heavy atom. The van der Waals surface area contributed by atoms with Gasteiger partial charge in [0.1, 0.15) is 0 Å². The number of carbonyl (C=O) groups is 1. The van der Waals surface area contributed by atoms with Crippen LogP contribution in [-0.4, -0.2) is 42.4 Å². The van der Waals surface area contributed by atoms with Crippen molar-refractivity contribution in [3.8, 4) is 0 Å². The van der Waals surface area contributed by atoms with Crippen molar-refractivity contribution < 1.29 is 19.4 Å². The highest BCUT2D eigenvalue weighted by atomic mass is 16.6. The van der Waals surface area contributed by atoms with Crippen LogP contribution in [0.4, 0.5) is 0 Å². The SMILES string of the molecule is COCCC(=O)[C@@]12O[C@@H]1C[C@@H]1[C@@H]3CC=C4C[C@@H](O)CC[C@]4(C)[C@@H]3CC[C@@]12C. The molecule has 4 aliphatic carbocycles. The zero-order valence-electron chi connectivity index (χ0n) is 17.0. The van der Waals surface area contributed by atoms with Crippen molar-refractivity contribution in [1.29, 1.82) is 0 Å². The fourth-order valence-electron chi connectivity index (χ4n) is 7.94. The van der Waals surface area contributed by atoms with Crippen molar-refractivity contribution in [3.05, 3.63) is 11.6 Å². The van der Waals surface area contributed by atoms with Crippen LogP contribution < -0.4 is 0 Å². The summed E-state index contributed by atoms with van der Waals surface area (Å²) < 4.78 is 11.3. The van der Waals surface area contributed by atoms with Crippen LogP contribution in [0.5, 0.6) is 0 Å². The predicted octanol–water partition coefficient (Wildman–Crippen LogP) is 3.66. The van der Waals surface area contributed by atoms with E-state index in [-0.39, 0.29) is 28.8 Å². The van der Waals surface area contributed by atoms with Crippen molar-refractivity contribution in [3.63, 3.8) is 0 Å². The topological polar surface area (TPSA) is 59.1 Å². The van der Waals surface area contributed by atoms with Gasteiger partial charge >= 0.3 is 0 Å². The molecular weight excluding hydrogens is 340 g/mol. The molecule has 0 spiro atoms. The largest absolute Gasteiger partial charge is 0.393 e. The van der Waals surface area contributed by atoms with Crippen LogP contribution in [0.3, 0.4) is 0 Å². The summed E-state index contributed by atoms with van der Waals surface area (Å²) in [4.78, 5) is 13.1. The molecule has 0 bridgehead atoms. The van der Waals surface area contributed by atoms with Gasteiger partial charge in [-0.3, -0.25) is 4.79 Å². The number of ether oxygens (including phenoxy) is 2. The van der Waals surface area contributed by atoms with E-state index in [0.717, 1.165) is 38.5 Å². The molecule has 150 valence electrons. The van der Waals surface area contributed by atoms with E-state index in [1.54, 1.807) is 7.11 Å². The number of ketones is 1. The van der Waals surface area contributed by atoms with Gasteiger partial charge in [-0.15, -0.1) is 0 Å². The number of rotatable bonds is 4. The molecule has 0 amide bonds. The summed E-state index contributed by atoms with van der Waals surface area (Å²) in [7, 11) is 1.66. The molecule has 8 atom stereocenters. The van der Waals surface area contributed by atoms with Crippen LogP contribution in [0.1, 0.15) is 65.2 Å². The Balaban J connectivity index is 1.44. The molecule has 0 radical (unpaired) electrons. The number of epoxide rings is 1. The molecule has 4 fully saturated rings. The Morgan fingerprint density at radius 1 is 1.30 bits per heavy atom. The van der Waals surface area contributed by atoms with Gasteiger partial charge in [-0.1, -0.05) is 25.5 Å². The lowest BCUT2D eigenvalue weighted by Gasteiger charge is -2.58. The monoisotopic (exact) mass is 374 g/mol. The average molecular weight is 375 g/mol. The van der Waals surface area contributed by atoms with Crippen molar-refractivity contribution >= 4 is 5.78 Å². The first-order valence-electron chi connectivity index (χ1n) is 10.9. The minimum Gasteiger partial charge on any atom is -0.393 e. The number of hydrogen-bond acceptors (Lipinski definition) is 4.